The summed E-state index contributed by atoms with van der Waals surface area (Å²) in [5, 5.41) is 0.773. The number of hydrogen-bond donors (Lipinski definition) is 2. The summed E-state index contributed by atoms with van der Waals surface area (Å²) in [5.41, 5.74) is 2.59. The van der Waals surface area contributed by atoms with E-state index in [4.69, 9.17) is 5.84 Å². The minimum atomic E-state index is -2.64. The number of aromatic nitrogens is 1. The first-order chi connectivity index (χ1) is 7.22. The van der Waals surface area contributed by atoms with Crippen molar-refractivity contribution in [3.05, 3.63) is 36.0 Å². The molecule has 0 aliphatic carbocycles. The van der Waals surface area contributed by atoms with E-state index in [0.29, 0.717) is 5.52 Å². The number of nitrogens with one attached hydrogen (secondary N) is 1. The van der Waals surface area contributed by atoms with Crippen molar-refractivity contribution in [3.63, 3.8) is 0 Å². The van der Waals surface area contributed by atoms with Gasteiger partial charge in [0, 0.05) is 5.39 Å². The first-order valence-corrected chi connectivity index (χ1v) is 4.37. The fourth-order valence-corrected chi connectivity index (χ4v) is 1.41. The second kappa shape index (κ2) is 3.78. The van der Waals surface area contributed by atoms with Crippen LogP contribution >= 0.6 is 0 Å². The van der Waals surface area contributed by atoms with Crippen molar-refractivity contribution in [1.29, 1.82) is 0 Å². The van der Waals surface area contributed by atoms with Gasteiger partial charge in [-0.25, -0.2) is 13.8 Å². The van der Waals surface area contributed by atoms with Crippen molar-refractivity contribution in [2.24, 2.45) is 5.84 Å². The van der Waals surface area contributed by atoms with Gasteiger partial charge >= 0.3 is 0 Å². The highest BCUT2D eigenvalue weighted by Gasteiger charge is 2.15. The molecule has 0 radical (unpaired) electrons. The molecule has 0 atom stereocenters. The van der Waals surface area contributed by atoms with Crippen LogP contribution in [-0.2, 0) is 0 Å². The van der Waals surface area contributed by atoms with Gasteiger partial charge in [0.1, 0.15) is 5.69 Å². The molecule has 0 aliphatic heterocycles. The van der Waals surface area contributed by atoms with Crippen LogP contribution in [0.2, 0.25) is 0 Å². The van der Waals surface area contributed by atoms with E-state index in [-0.39, 0.29) is 11.4 Å². The molecule has 78 valence electrons. The second-order valence-electron chi connectivity index (χ2n) is 3.06. The van der Waals surface area contributed by atoms with Gasteiger partial charge in [0.2, 0.25) is 0 Å². The molecule has 3 N–H and O–H groups in total. The van der Waals surface area contributed by atoms with Crippen molar-refractivity contribution < 1.29 is 8.78 Å². The van der Waals surface area contributed by atoms with Crippen molar-refractivity contribution in [2.75, 3.05) is 5.43 Å². The Balaban J connectivity index is 2.69. The zero-order valence-electron chi connectivity index (χ0n) is 7.74. The Kier molecular flexibility index (Phi) is 2.47. The molecule has 5 heteroatoms. The minimum Gasteiger partial charge on any atom is -0.322 e. The monoisotopic (exact) mass is 209 g/mol. The summed E-state index contributed by atoms with van der Waals surface area (Å²) in [7, 11) is 0. The van der Waals surface area contributed by atoms with Crippen LogP contribution in [0.1, 0.15) is 12.1 Å². The van der Waals surface area contributed by atoms with Gasteiger partial charge in [-0.05, 0) is 12.1 Å². The Morgan fingerprint density at radius 3 is 2.67 bits per heavy atom. The van der Waals surface area contributed by atoms with Crippen LogP contribution in [0.25, 0.3) is 10.9 Å². The summed E-state index contributed by atoms with van der Waals surface area (Å²) in [5.74, 6) is 5.16. The van der Waals surface area contributed by atoms with Gasteiger partial charge in [0.05, 0.1) is 11.2 Å². The number of nitrogens with zero attached hydrogens (tertiary/aromatic N) is 1. The molecular formula is C10H9F2N3. The summed E-state index contributed by atoms with van der Waals surface area (Å²) in [6, 6.07) is 8.59. The molecule has 2 rings (SSSR count). The Bertz CT molecular complexity index is 485. The lowest BCUT2D eigenvalue weighted by Gasteiger charge is -2.08. The number of alkyl halides is 2. The maximum atomic E-state index is 12.6. The molecule has 0 spiro atoms. The number of anilines is 1. The first-order valence-electron chi connectivity index (χ1n) is 4.37. The van der Waals surface area contributed by atoms with Gasteiger partial charge < -0.3 is 5.43 Å². The highest BCUT2D eigenvalue weighted by atomic mass is 19.3. The molecule has 1 aromatic heterocycles. The SMILES string of the molecule is NNc1cc2ccccc2nc1C(F)F. The van der Waals surface area contributed by atoms with E-state index >= 15 is 0 Å². The topological polar surface area (TPSA) is 50.9 Å². The van der Waals surface area contributed by atoms with Crippen molar-refractivity contribution in [2.45, 2.75) is 6.43 Å². The van der Waals surface area contributed by atoms with Gasteiger partial charge in [-0.3, -0.25) is 5.84 Å². The average molecular weight is 209 g/mol. The van der Waals surface area contributed by atoms with Crippen LogP contribution in [0.5, 0.6) is 0 Å². The van der Waals surface area contributed by atoms with E-state index in [9.17, 15) is 8.78 Å². The fraction of sp³-hybridized carbons (Fsp3) is 0.100. The average Bonchev–Trinajstić information content (AvgIpc) is 2.27. The minimum absolute atomic E-state index is 0.156. The summed E-state index contributed by atoms with van der Waals surface area (Å²) < 4.78 is 25.2. The molecule has 0 saturated carbocycles. The number of halogens is 2. The lowest BCUT2D eigenvalue weighted by atomic mass is 10.2. The Hall–Kier alpha value is -1.75. The number of hydrogen-bond acceptors (Lipinski definition) is 3. The number of para-hydroxylation sites is 1. The number of fused-ring (bicyclic) bond motifs is 1. The van der Waals surface area contributed by atoms with E-state index in [0.717, 1.165) is 5.39 Å². The molecule has 0 unspecified atom stereocenters. The van der Waals surface area contributed by atoms with Gasteiger partial charge in [0.25, 0.3) is 6.43 Å². The predicted octanol–water partition coefficient (Wildman–Crippen LogP) is 2.46. The Labute approximate surface area is 84.9 Å². The van der Waals surface area contributed by atoms with Crippen molar-refractivity contribution in [3.8, 4) is 0 Å². The van der Waals surface area contributed by atoms with Crippen LogP contribution < -0.4 is 11.3 Å². The van der Waals surface area contributed by atoms with E-state index in [1.165, 1.54) is 0 Å². The zero-order valence-corrected chi connectivity index (χ0v) is 7.74. The summed E-state index contributed by atoms with van der Waals surface area (Å²) >= 11 is 0. The van der Waals surface area contributed by atoms with Crippen LogP contribution in [0, 0.1) is 0 Å². The van der Waals surface area contributed by atoms with Crippen LogP contribution in [0.3, 0.4) is 0 Å². The normalized spacial score (nSPS) is 10.9. The summed E-state index contributed by atoms with van der Waals surface area (Å²) in [6.45, 7) is 0. The number of hydrazine groups is 1. The first kappa shape index (κ1) is 9.79. The number of benzene rings is 1. The van der Waals surface area contributed by atoms with Crippen LogP contribution in [-0.4, -0.2) is 4.98 Å². The van der Waals surface area contributed by atoms with E-state index in [1.807, 2.05) is 6.07 Å². The van der Waals surface area contributed by atoms with E-state index in [1.54, 1.807) is 24.3 Å². The number of nitrogens with two attached hydrogens (primary N) is 1. The molecule has 15 heavy (non-hydrogen) atoms. The van der Waals surface area contributed by atoms with Gasteiger partial charge in [-0.2, -0.15) is 0 Å². The van der Waals surface area contributed by atoms with Gasteiger partial charge in [-0.15, -0.1) is 0 Å². The molecule has 2 aromatic rings. The largest absolute Gasteiger partial charge is 0.322 e. The third-order valence-electron chi connectivity index (χ3n) is 2.12. The highest BCUT2D eigenvalue weighted by Crippen LogP contribution is 2.27. The second-order valence-corrected chi connectivity index (χ2v) is 3.06. The molecule has 3 nitrogen and oxygen atoms in total. The van der Waals surface area contributed by atoms with E-state index < -0.39 is 6.43 Å². The Morgan fingerprint density at radius 1 is 1.27 bits per heavy atom. The van der Waals surface area contributed by atoms with E-state index in [2.05, 4.69) is 10.4 Å². The summed E-state index contributed by atoms with van der Waals surface area (Å²) in [6.07, 6.45) is -2.64. The van der Waals surface area contributed by atoms with Crippen LogP contribution in [0.15, 0.2) is 30.3 Å². The highest BCUT2D eigenvalue weighted by molar-refractivity contribution is 5.82. The predicted molar refractivity (Wildman–Crippen MR) is 54.5 cm³/mol. The molecule has 0 amide bonds. The van der Waals surface area contributed by atoms with Gasteiger partial charge in [-0.1, -0.05) is 18.2 Å². The molecule has 0 bridgehead atoms. The van der Waals surface area contributed by atoms with Crippen molar-refractivity contribution in [1.82, 2.24) is 4.98 Å². The maximum Gasteiger partial charge on any atom is 0.282 e. The fourth-order valence-electron chi connectivity index (χ4n) is 1.41. The molecule has 1 aromatic carbocycles. The number of rotatable bonds is 2. The molecule has 0 saturated heterocycles. The maximum absolute atomic E-state index is 12.6. The standard InChI is InChI=1S/C10H9F2N3/c11-10(12)9-8(15-13)5-6-3-1-2-4-7(6)14-9/h1-5,10,15H,13H2. The lowest BCUT2D eigenvalue weighted by molar-refractivity contribution is 0.147. The number of nitrogen functional groups attached to an aromatic ring is 1. The lowest BCUT2D eigenvalue weighted by Crippen LogP contribution is -2.10. The third kappa shape index (κ3) is 1.73. The van der Waals surface area contributed by atoms with Gasteiger partial charge in [0.15, 0.2) is 0 Å². The van der Waals surface area contributed by atoms with Crippen LogP contribution in [0.4, 0.5) is 14.5 Å². The molecular weight excluding hydrogens is 200 g/mol. The molecule has 1 heterocycles. The zero-order chi connectivity index (χ0) is 10.8. The Morgan fingerprint density at radius 2 is 2.00 bits per heavy atom. The number of pyridine rings is 1. The molecule has 0 aliphatic rings. The van der Waals surface area contributed by atoms with Crippen molar-refractivity contribution >= 4 is 16.6 Å². The molecule has 0 fully saturated rings. The summed E-state index contributed by atoms with van der Waals surface area (Å²) in [4.78, 5) is 3.85. The third-order valence-corrected chi connectivity index (χ3v) is 2.12. The quantitative estimate of drug-likeness (QED) is 0.590. The smallest absolute Gasteiger partial charge is 0.282 e.